The summed E-state index contributed by atoms with van der Waals surface area (Å²) in [6.07, 6.45) is 0. The van der Waals surface area contributed by atoms with E-state index in [2.05, 4.69) is 0 Å². The van der Waals surface area contributed by atoms with Crippen molar-refractivity contribution in [3.05, 3.63) is 57.0 Å². The molecule has 0 spiro atoms. The first-order chi connectivity index (χ1) is 8.49. The maximum atomic E-state index is 10.9. The van der Waals surface area contributed by atoms with Crippen molar-refractivity contribution in [2.24, 2.45) is 0 Å². The zero-order chi connectivity index (χ0) is 13.3. The second-order valence-electron chi connectivity index (χ2n) is 3.62. The van der Waals surface area contributed by atoms with Gasteiger partial charge in [0.05, 0.1) is 10.6 Å². The molecule has 2 rings (SSSR count). The Morgan fingerprint density at radius 1 is 0.944 bits per heavy atom. The normalized spacial score (nSPS) is 10.4. The van der Waals surface area contributed by atoms with E-state index in [4.69, 9.17) is 39.9 Å². The molecule has 0 saturated heterocycles. The van der Waals surface area contributed by atoms with Crippen LogP contribution in [0.1, 0.15) is 10.4 Å². The van der Waals surface area contributed by atoms with Gasteiger partial charge in [0.2, 0.25) is 0 Å². The van der Waals surface area contributed by atoms with Crippen molar-refractivity contribution in [2.75, 3.05) is 0 Å². The summed E-state index contributed by atoms with van der Waals surface area (Å²) in [6, 6.07) is 9.77. The average molecular weight is 302 g/mol. The molecule has 2 aromatic carbocycles. The summed E-state index contributed by atoms with van der Waals surface area (Å²) in [5.74, 6) is -1.06. The standard InChI is InChI=1S/C13H7Cl3O2/c14-8-2-4-9(12(16)6-8)7-1-3-10(13(17)18)11(15)5-7/h1-6H,(H,17,18). The van der Waals surface area contributed by atoms with Crippen LogP contribution in [0.5, 0.6) is 0 Å². The van der Waals surface area contributed by atoms with E-state index in [9.17, 15) is 4.79 Å². The SMILES string of the molecule is O=C(O)c1ccc(-c2ccc(Cl)cc2Cl)cc1Cl. The molecular formula is C13H7Cl3O2. The Bertz CT molecular complexity index is 624. The minimum Gasteiger partial charge on any atom is -0.478 e. The zero-order valence-electron chi connectivity index (χ0n) is 8.95. The molecule has 0 aliphatic carbocycles. The lowest BCUT2D eigenvalue weighted by Gasteiger charge is -2.07. The average Bonchev–Trinajstić information content (AvgIpc) is 2.28. The van der Waals surface area contributed by atoms with Crippen molar-refractivity contribution < 1.29 is 9.90 Å². The Kier molecular flexibility index (Phi) is 3.81. The first-order valence-corrected chi connectivity index (χ1v) is 6.10. The van der Waals surface area contributed by atoms with E-state index in [1.54, 1.807) is 30.3 Å². The van der Waals surface area contributed by atoms with Crippen LogP contribution in [-0.4, -0.2) is 11.1 Å². The predicted octanol–water partition coefficient (Wildman–Crippen LogP) is 5.01. The van der Waals surface area contributed by atoms with Gasteiger partial charge in [0.25, 0.3) is 0 Å². The van der Waals surface area contributed by atoms with Crippen molar-refractivity contribution in [1.29, 1.82) is 0 Å². The Balaban J connectivity index is 2.52. The van der Waals surface area contributed by atoms with Crippen molar-refractivity contribution in [3.63, 3.8) is 0 Å². The van der Waals surface area contributed by atoms with Crippen LogP contribution in [0.3, 0.4) is 0 Å². The molecule has 0 saturated carbocycles. The summed E-state index contributed by atoms with van der Waals surface area (Å²) >= 11 is 17.8. The van der Waals surface area contributed by atoms with E-state index in [1.807, 2.05) is 0 Å². The van der Waals surface area contributed by atoms with Gasteiger partial charge in [-0.25, -0.2) is 4.79 Å². The summed E-state index contributed by atoms with van der Waals surface area (Å²) in [5.41, 5.74) is 1.55. The van der Waals surface area contributed by atoms with Crippen LogP contribution in [0.4, 0.5) is 0 Å². The lowest BCUT2D eigenvalue weighted by atomic mass is 10.0. The van der Waals surface area contributed by atoms with Crippen molar-refractivity contribution in [2.45, 2.75) is 0 Å². The molecule has 2 nitrogen and oxygen atoms in total. The van der Waals surface area contributed by atoms with Gasteiger partial charge in [-0.05, 0) is 29.8 Å². The smallest absolute Gasteiger partial charge is 0.337 e. The monoisotopic (exact) mass is 300 g/mol. The summed E-state index contributed by atoms with van der Waals surface area (Å²) in [6.45, 7) is 0. The van der Waals surface area contributed by atoms with E-state index in [1.165, 1.54) is 6.07 Å². The Morgan fingerprint density at radius 3 is 2.22 bits per heavy atom. The molecule has 18 heavy (non-hydrogen) atoms. The van der Waals surface area contributed by atoms with Gasteiger partial charge < -0.3 is 5.11 Å². The van der Waals surface area contributed by atoms with E-state index >= 15 is 0 Å². The summed E-state index contributed by atoms with van der Waals surface area (Å²) in [5, 5.41) is 10.1. The predicted molar refractivity (Wildman–Crippen MR) is 73.9 cm³/mol. The van der Waals surface area contributed by atoms with Gasteiger partial charge in [0.15, 0.2) is 0 Å². The quantitative estimate of drug-likeness (QED) is 0.846. The van der Waals surface area contributed by atoms with E-state index in [-0.39, 0.29) is 10.6 Å². The number of carboxylic acids is 1. The Labute approximate surface area is 119 Å². The molecule has 1 N–H and O–H groups in total. The van der Waals surface area contributed by atoms with Crippen molar-refractivity contribution in [3.8, 4) is 11.1 Å². The third-order valence-corrected chi connectivity index (χ3v) is 3.30. The molecule has 5 heteroatoms. The van der Waals surface area contributed by atoms with Crippen LogP contribution in [-0.2, 0) is 0 Å². The largest absolute Gasteiger partial charge is 0.478 e. The minimum absolute atomic E-state index is 0.0607. The topological polar surface area (TPSA) is 37.3 Å². The summed E-state index contributed by atoms with van der Waals surface area (Å²) in [4.78, 5) is 10.9. The van der Waals surface area contributed by atoms with E-state index in [0.29, 0.717) is 10.0 Å². The van der Waals surface area contributed by atoms with E-state index < -0.39 is 5.97 Å². The maximum absolute atomic E-state index is 10.9. The Hall–Kier alpha value is -1.22. The molecule has 0 aromatic heterocycles. The lowest BCUT2D eigenvalue weighted by Crippen LogP contribution is -1.97. The zero-order valence-corrected chi connectivity index (χ0v) is 11.2. The third kappa shape index (κ3) is 2.61. The minimum atomic E-state index is -1.06. The van der Waals surface area contributed by atoms with Gasteiger partial charge in [-0.1, -0.05) is 46.9 Å². The molecule has 0 amide bonds. The molecule has 0 bridgehead atoms. The molecule has 0 fully saturated rings. The van der Waals surface area contributed by atoms with Gasteiger partial charge in [-0.3, -0.25) is 0 Å². The van der Waals surface area contributed by atoms with Crippen LogP contribution < -0.4 is 0 Å². The highest BCUT2D eigenvalue weighted by atomic mass is 35.5. The molecule has 0 aliphatic rings. The maximum Gasteiger partial charge on any atom is 0.337 e. The fourth-order valence-electron chi connectivity index (χ4n) is 1.58. The number of rotatable bonds is 2. The number of hydrogen-bond donors (Lipinski definition) is 1. The molecule has 2 aromatic rings. The molecule has 92 valence electrons. The van der Waals surface area contributed by atoms with Gasteiger partial charge in [-0.15, -0.1) is 0 Å². The first-order valence-electron chi connectivity index (χ1n) is 4.97. The molecule has 0 atom stereocenters. The number of halogens is 3. The second-order valence-corrected chi connectivity index (χ2v) is 4.87. The number of carboxylic acid groups (broad SMARTS) is 1. The number of benzene rings is 2. The molecule has 0 radical (unpaired) electrons. The van der Waals surface area contributed by atoms with Crippen LogP contribution in [0.2, 0.25) is 15.1 Å². The van der Waals surface area contributed by atoms with Crippen LogP contribution in [0, 0.1) is 0 Å². The van der Waals surface area contributed by atoms with Gasteiger partial charge in [0, 0.05) is 15.6 Å². The fourth-order valence-corrected chi connectivity index (χ4v) is 2.36. The van der Waals surface area contributed by atoms with Gasteiger partial charge in [0.1, 0.15) is 0 Å². The van der Waals surface area contributed by atoms with Crippen LogP contribution in [0.25, 0.3) is 11.1 Å². The lowest BCUT2D eigenvalue weighted by molar-refractivity contribution is 0.0697. The van der Waals surface area contributed by atoms with E-state index in [0.717, 1.165) is 11.1 Å². The summed E-state index contributed by atoms with van der Waals surface area (Å²) in [7, 11) is 0. The highest BCUT2D eigenvalue weighted by molar-refractivity contribution is 6.37. The van der Waals surface area contributed by atoms with Gasteiger partial charge >= 0.3 is 5.97 Å². The highest BCUT2D eigenvalue weighted by Crippen LogP contribution is 2.32. The second kappa shape index (κ2) is 5.19. The molecule has 0 heterocycles. The Morgan fingerprint density at radius 2 is 1.67 bits per heavy atom. The first kappa shape index (κ1) is 13.2. The number of aromatic carboxylic acids is 1. The third-order valence-electron chi connectivity index (χ3n) is 2.44. The molecular weight excluding hydrogens is 294 g/mol. The van der Waals surface area contributed by atoms with Gasteiger partial charge in [-0.2, -0.15) is 0 Å². The van der Waals surface area contributed by atoms with Crippen LogP contribution in [0.15, 0.2) is 36.4 Å². The van der Waals surface area contributed by atoms with Crippen molar-refractivity contribution in [1.82, 2.24) is 0 Å². The number of hydrogen-bond acceptors (Lipinski definition) is 1. The molecule has 0 aliphatic heterocycles. The van der Waals surface area contributed by atoms with Crippen molar-refractivity contribution >= 4 is 40.8 Å². The number of carbonyl (C=O) groups is 1. The fraction of sp³-hybridized carbons (Fsp3) is 0. The molecule has 0 unspecified atom stereocenters. The van der Waals surface area contributed by atoms with Crippen LogP contribution >= 0.6 is 34.8 Å². The highest BCUT2D eigenvalue weighted by Gasteiger charge is 2.11. The summed E-state index contributed by atoms with van der Waals surface area (Å²) < 4.78 is 0.